The highest BCUT2D eigenvalue weighted by Crippen LogP contribution is 2.44. The molecule has 0 aromatic carbocycles. The molecule has 5 unspecified atom stereocenters. The Morgan fingerprint density at radius 2 is 1.93 bits per heavy atom. The molecule has 1 aliphatic heterocycles. The molecule has 5 atom stereocenters. The van der Waals surface area contributed by atoms with E-state index in [0.717, 1.165) is 45.1 Å². The monoisotopic (exact) mass is 421 g/mol. The van der Waals surface area contributed by atoms with Gasteiger partial charge in [-0.25, -0.2) is 0 Å². The zero-order valence-electron chi connectivity index (χ0n) is 18.9. The lowest BCUT2D eigenvalue weighted by Crippen LogP contribution is -2.55. The molecule has 7 nitrogen and oxygen atoms in total. The third-order valence-electron chi connectivity index (χ3n) is 6.40. The van der Waals surface area contributed by atoms with Crippen molar-refractivity contribution in [2.24, 2.45) is 11.8 Å². The van der Waals surface area contributed by atoms with Crippen molar-refractivity contribution in [1.82, 2.24) is 15.5 Å². The van der Waals surface area contributed by atoms with Crippen molar-refractivity contribution in [3.8, 4) is 0 Å². The van der Waals surface area contributed by atoms with Gasteiger partial charge in [0.15, 0.2) is 12.0 Å². The van der Waals surface area contributed by atoms with Gasteiger partial charge < -0.3 is 25.4 Å². The number of likely N-dealkylation sites (tertiary alicyclic amines) is 1. The molecular weight excluding hydrogens is 382 g/mol. The number of rotatable bonds is 9. The molecule has 0 spiro atoms. The number of hydrogen-bond donors (Lipinski definition) is 3. The highest BCUT2D eigenvalue weighted by atomic mass is 16.5. The molecule has 0 bridgehead atoms. The van der Waals surface area contributed by atoms with Gasteiger partial charge in [-0.05, 0) is 71.3 Å². The van der Waals surface area contributed by atoms with Crippen LogP contribution in [-0.4, -0.2) is 58.2 Å². The van der Waals surface area contributed by atoms with Crippen molar-refractivity contribution in [2.45, 2.75) is 102 Å². The molecule has 1 heterocycles. The van der Waals surface area contributed by atoms with E-state index in [1.54, 1.807) is 0 Å². The number of ether oxygens (including phenoxy) is 1. The van der Waals surface area contributed by atoms with E-state index in [0.29, 0.717) is 18.2 Å². The maximum absolute atomic E-state index is 13.4. The first-order valence-corrected chi connectivity index (χ1v) is 11.5. The summed E-state index contributed by atoms with van der Waals surface area (Å²) in [5.41, 5.74) is -0.391. The van der Waals surface area contributed by atoms with Gasteiger partial charge in [0.05, 0.1) is 6.04 Å². The van der Waals surface area contributed by atoms with Crippen LogP contribution in [0.1, 0.15) is 72.6 Å². The summed E-state index contributed by atoms with van der Waals surface area (Å²) in [5.74, 6) is 0.702. The minimum absolute atomic E-state index is 0.139. The molecule has 1 saturated heterocycles. The first kappa shape index (κ1) is 22.9. The molecule has 3 rings (SSSR count). The predicted molar refractivity (Wildman–Crippen MR) is 115 cm³/mol. The minimum Gasteiger partial charge on any atom is -0.474 e. The molecule has 3 N–H and O–H groups in total. The minimum atomic E-state index is -1.24. The van der Waals surface area contributed by atoms with Crippen LogP contribution >= 0.6 is 0 Å². The van der Waals surface area contributed by atoms with Crippen molar-refractivity contribution in [3.05, 3.63) is 12.5 Å². The maximum Gasteiger partial charge on any atom is 0.251 e. The highest BCUT2D eigenvalue weighted by Gasteiger charge is 2.49. The van der Waals surface area contributed by atoms with Crippen LogP contribution < -0.4 is 10.6 Å². The number of aliphatic hydroxyl groups is 1. The van der Waals surface area contributed by atoms with Crippen molar-refractivity contribution < 1.29 is 19.4 Å². The number of aliphatic hydroxyl groups excluding tert-OH is 1. The van der Waals surface area contributed by atoms with Crippen LogP contribution in [0.5, 0.6) is 0 Å². The van der Waals surface area contributed by atoms with E-state index in [-0.39, 0.29) is 23.9 Å². The fourth-order valence-corrected chi connectivity index (χ4v) is 4.90. The van der Waals surface area contributed by atoms with E-state index in [1.807, 2.05) is 32.6 Å². The van der Waals surface area contributed by atoms with Crippen LogP contribution in [0.2, 0.25) is 0 Å². The smallest absolute Gasteiger partial charge is 0.251 e. The average molecular weight is 422 g/mol. The lowest BCUT2D eigenvalue weighted by Gasteiger charge is -2.34. The van der Waals surface area contributed by atoms with Gasteiger partial charge >= 0.3 is 0 Å². The van der Waals surface area contributed by atoms with E-state index in [2.05, 4.69) is 17.2 Å². The Morgan fingerprint density at radius 3 is 2.53 bits per heavy atom. The number of fused-ring (bicyclic) bond motifs is 1. The molecule has 3 aliphatic rings. The summed E-state index contributed by atoms with van der Waals surface area (Å²) < 4.78 is 5.99. The van der Waals surface area contributed by atoms with Crippen LogP contribution in [-0.2, 0) is 14.3 Å². The van der Waals surface area contributed by atoms with Crippen molar-refractivity contribution in [3.63, 3.8) is 0 Å². The SMILES string of the molecule is C=C(OC(C)(C)C)N1CC2CCCC2C1C(=O)NC(CCC)C(O)C(=O)NC1CC1. The average Bonchev–Trinajstić information content (AvgIpc) is 3.21. The molecule has 7 heteroatoms. The Balaban J connectivity index is 1.71. The Hall–Kier alpha value is -1.76. The van der Waals surface area contributed by atoms with Gasteiger partial charge in [-0.2, -0.15) is 0 Å². The summed E-state index contributed by atoms with van der Waals surface area (Å²) in [6.07, 6.45) is 5.23. The molecule has 170 valence electrons. The number of carbonyl (C=O) groups excluding carboxylic acids is 2. The van der Waals surface area contributed by atoms with E-state index >= 15 is 0 Å². The van der Waals surface area contributed by atoms with Gasteiger partial charge in [-0.15, -0.1) is 0 Å². The second kappa shape index (κ2) is 9.16. The van der Waals surface area contributed by atoms with Crippen LogP contribution in [0.4, 0.5) is 0 Å². The zero-order valence-corrected chi connectivity index (χ0v) is 18.9. The van der Waals surface area contributed by atoms with E-state index in [4.69, 9.17) is 4.74 Å². The predicted octanol–water partition coefficient (Wildman–Crippen LogP) is 2.30. The van der Waals surface area contributed by atoms with Crippen LogP contribution in [0.3, 0.4) is 0 Å². The van der Waals surface area contributed by atoms with Crippen molar-refractivity contribution in [2.75, 3.05) is 6.54 Å². The normalized spacial score (nSPS) is 27.9. The summed E-state index contributed by atoms with van der Waals surface area (Å²) in [4.78, 5) is 27.8. The number of carbonyl (C=O) groups is 2. The van der Waals surface area contributed by atoms with Gasteiger partial charge in [0.1, 0.15) is 11.6 Å². The second-order valence-electron chi connectivity index (χ2n) is 10.2. The lowest BCUT2D eigenvalue weighted by atomic mass is 9.93. The Labute approximate surface area is 180 Å². The van der Waals surface area contributed by atoms with Crippen molar-refractivity contribution in [1.29, 1.82) is 0 Å². The van der Waals surface area contributed by atoms with E-state index < -0.39 is 23.7 Å². The summed E-state index contributed by atoms with van der Waals surface area (Å²) in [5, 5.41) is 16.5. The third kappa shape index (κ3) is 5.48. The second-order valence-corrected chi connectivity index (χ2v) is 10.2. The van der Waals surface area contributed by atoms with E-state index in [1.165, 1.54) is 0 Å². The zero-order chi connectivity index (χ0) is 22.1. The van der Waals surface area contributed by atoms with Gasteiger partial charge in [0, 0.05) is 12.6 Å². The highest BCUT2D eigenvalue weighted by molar-refractivity contribution is 5.86. The van der Waals surface area contributed by atoms with E-state index in [9.17, 15) is 14.7 Å². The molecule has 0 aromatic heterocycles. The Morgan fingerprint density at radius 1 is 1.23 bits per heavy atom. The van der Waals surface area contributed by atoms with Gasteiger partial charge in [0.2, 0.25) is 5.91 Å². The number of nitrogens with zero attached hydrogens (tertiary/aromatic N) is 1. The summed E-state index contributed by atoms with van der Waals surface area (Å²) >= 11 is 0. The van der Waals surface area contributed by atoms with Crippen LogP contribution in [0.25, 0.3) is 0 Å². The summed E-state index contributed by atoms with van der Waals surface area (Å²) in [6.45, 7) is 12.8. The first-order valence-electron chi connectivity index (χ1n) is 11.5. The lowest BCUT2D eigenvalue weighted by molar-refractivity contribution is -0.134. The fourth-order valence-electron chi connectivity index (χ4n) is 4.90. The van der Waals surface area contributed by atoms with Crippen molar-refractivity contribution >= 4 is 11.8 Å². The number of nitrogens with one attached hydrogen (secondary N) is 2. The Kier molecular flexibility index (Phi) is 7.00. The topological polar surface area (TPSA) is 90.9 Å². The number of amides is 2. The third-order valence-corrected chi connectivity index (χ3v) is 6.40. The number of hydrogen-bond acceptors (Lipinski definition) is 5. The first-order chi connectivity index (χ1) is 14.1. The quantitative estimate of drug-likeness (QED) is 0.497. The maximum atomic E-state index is 13.4. The largest absolute Gasteiger partial charge is 0.474 e. The standard InChI is InChI=1S/C23H39N3O4/c1-6-8-18(20(27)22(29)24-16-11-12-16)25-21(28)19-17-10-7-9-15(17)13-26(19)14(2)30-23(3,4)5/h15-20,27H,2,6-13H2,1,3-5H3,(H,24,29)(H,25,28). The Bertz CT molecular complexity index is 655. The summed E-state index contributed by atoms with van der Waals surface area (Å²) in [7, 11) is 0. The summed E-state index contributed by atoms with van der Waals surface area (Å²) in [6, 6.07) is -0.793. The molecular formula is C23H39N3O4. The van der Waals surface area contributed by atoms with Crippen LogP contribution in [0, 0.1) is 11.8 Å². The molecule has 0 radical (unpaired) electrons. The fraction of sp³-hybridized carbons (Fsp3) is 0.826. The molecule has 2 amide bonds. The molecule has 2 saturated carbocycles. The van der Waals surface area contributed by atoms with Crippen LogP contribution in [0.15, 0.2) is 12.5 Å². The molecule has 0 aromatic rings. The van der Waals surface area contributed by atoms with Gasteiger partial charge in [-0.3, -0.25) is 9.59 Å². The van der Waals surface area contributed by atoms with Gasteiger partial charge in [-0.1, -0.05) is 19.8 Å². The van der Waals surface area contributed by atoms with Gasteiger partial charge in [0.25, 0.3) is 5.91 Å². The molecule has 3 fully saturated rings. The molecule has 2 aliphatic carbocycles. The molecule has 30 heavy (non-hydrogen) atoms.